The first kappa shape index (κ1) is 12.8. The summed E-state index contributed by atoms with van der Waals surface area (Å²) in [5.74, 6) is -0.841. The van der Waals surface area contributed by atoms with Gasteiger partial charge < -0.3 is 23.7 Å². The topological polar surface area (TPSA) is 46.2 Å². The molecule has 0 saturated carbocycles. The molecule has 0 amide bonds. The van der Waals surface area contributed by atoms with Gasteiger partial charge in [-0.2, -0.15) is 0 Å². The van der Waals surface area contributed by atoms with Crippen molar-refractivity contribution in [1.82, 2.24) is 0 Å². The van der Waals surface area contributed by atoms with Crippen LogP contribution in [0.4, 0.5) is 0 Å². The molecule has 18 heavy (non-hydrogen) atoms. The maximum Gasteiger partial charge on any atom is 0.187 e. The average molecular weight is 258 g/mol. The molecule has 3 saturated heterocycles. The Morgan fingerprint density at radius 3 is 2.17 bits per heavy atom. The number of hydrogen-bond acceptors (Lipinski definition) is 5. The molecule has 0 aliphatic carbocycles. The Labute approximate surface area is 108 Å². The zero-order chi connectivity index (χ0) is 13.1. The van der Waals surface area contributed by atoms with Crippen LogP contribution in [0.2, 0.25) is 0 Å². The van der Waals surface area contributed by atoms with E-state index in [0.717, 1.165) is 0 Å². The lowest BCUT2D eigenvalue weighted by Gasteiger charge is -2.27. The molecule has 2 unspecified atom stereocenters. The van der Waals surface area contributed by atoms with Crippen LogP contribution in [0.3, 0.4) is 0 Å². The van der Waals surface area contributed by atoms with Gasteiger partial charge in [0, 0.05) is 5.92 Å². The summed E-state index contributed by atoms with van der Waals surface area (Å²) in [4.78, 5) is 0. The van der Waals surface area contributed by atoms with Crippen molar-refractivity contribution in [3.63, 3.8) is 0 Å². The van der Waals surface area contributed by atoms with Gasteiger partial charge in [-0.15, -0.1) is 0 Å². The van der Waals surface area contributed by atoms with Crippen LogP contribution in [0.1, 0.15) is 34.6 Å². The molecule has 3 fully saturated rings. The smallest absolute Gasteiger partial charge is 0.187 e. The summed E-state index contributed by atoms with van der Waals surface area (Å²) < 4.78 is 29.0. The molecule has 0 spiro atoms. The summed E-state index contributed by atoms with van der Waals surface area (Å²) in [6, 6.07) is 0. The van der Waals surface area contributed by atoms with Gasteiger partial charge in [-0.25, -0.2) is 0 Å². The third-order valence-electron chi connectivity index (χ3n) is 3.81. The fourth-order valence-corrected chi connectivity index (χ4v) is 2.99. The summed E-state index contributed by atoms with van der Waals surface area (Å²) in [7, 11) is 0. The molecule has 0 aromatic rings. The number of ether oxygens (including phenoxy) is 5. The molecule has 5 heteroatoms. The molecule has 0 radical (unpaired) electrons. The van der Waals surface area contributed by atoms with Crippen LogP contribution in [0.5, 0.6) is 0 Å². The summed E-state index contributed by atoms with van der Waals surface area (Å²) in [6.07, 6.45) is -0.376. The number of hydrogen-bond donors (Lipinski definition) is 0. The second-order valence-corrected chi connectivity index (χ2v) is 6.30. The Hall–Kier alpha value is -0.200. The maximum absolute atomic E-state index is 5.96. The van der Waals surface area contributed by atoms with Gasteiger partial charge in [-0.1, -0.05) is 6.92 Å². The van der Waals surface area contributed by atoms with Gasteiger partial charge in [0.1, 0.15) is 12.2 Å². The van der Waals surface area contributed by atoms with E-state index < -0.39 is 11.6 Å². The van der Waals surface area contributed by atoms with E-state index in [9.17, 15) is 0 Å². The normalized spacial score (nSPS) is 49.5. The minimum atomic E-state index is -0.555. The molecule has 0 bridgehead atoms. The van der Waals surface area contributed by atoms with Gasteiger partial charge in [0.05, 0.1) is 12.7 Å². The minimum Gasteiger partial charge on any atom is -0.348 e. The van der Waals surface area contributed by atoms with Crippen molar-refractivity contribution in [3.05, 3.63) is 0 Å². The Morgan fingerprint density at radius 2 is 1.61 bits per heavy atom. The zero-order valence-electron chi connectivity index (χ0n) is 11.6. The van der Waals surface area contributed by atoms with E-state index in [-0.39, 0.29) is 30.5 Å². The maximum atomic E-state index is 5.96. The molecule has 5 nitrogen and oxygen atoms in total. The van der Waals surface area contributed by atoms with Crippen LogP contribution < -0.4 is 0 Å². The highest BCUT2D eigenvalue weighted by molar-refractivity contribution is 4.95. The molecule has 0 aromatic carbocycles. The molecular weight excluding hydrogens is 236 g/mol. The van der Waals surface area contributed by atoms with Crippen LogP contribution in [0.15, 0.2) is 0 Å². The monoisotopic (exact) mass is 258 g/mol. The summed E-state index contributed by atoms with van der Waals surface area (Å²) in [6.45, 7) is 10.3. The molecule has 3 rings (SSSR count). The van der Waals surface area contributed by atoms with Crippen molar-refractivity contribution < 1.29 is 23.7 Å². The lowest BCUT2D eigenvalue weighted by Crippen LogP contribution is -2.37. The van der Waals surface area contributed by atoms with Crippen LogP contribution in [-0.2, 0) is 23.7 Å². The highest BCUT2D eigenvalue weighted by Crippen LogP contribution is 2.43. The molecule has 3 aliphatic rings. The molecular formula is C13H22O5. The van der Waals surface area contributed by atoms with Gasteiger partial charge in [0.2, 0.25) is 0 Å². The third kappa shape index (κ3) is 2.08. The first-order valence-corrected chi connectivity index (χ1v) is 6.60. The number of fused-ring (bicyclic) bond motifs is 1. The van der Waals surface area contributed by atoms with Crippen LogP contribution in [0.25, 0.3) is 0 Å². The van der Waals surface area contributed by atoms with Crippen molar-refractivity contribution in [2.75, 3.05) is 6.61 Å². The standard InChI is InChI=1S/C13H22O5/c1-7-9(8-6-14-12(2,3)16-8)15-11-10(7)17-13(4,5)18-11/h7-11H,6H2,1-5H3/t7-,8?,9?,10+,11+/m0/s1. The second-order valence-electron chi connectivity index (χ2n) is 6.30. The Balaban J connectivity index is 1.68. The Bertz CT molecular complexity index is 340. The van der Waals surface area contributed by atoms with Crippen LogP contribution in [-0.4, -0.2) is 42.8 Å². The fourth-order valence-electron chi connectivity index (χ4n) is 2.99. The molecule has 104 valence electrons. The largest absolute Gasteiger partial charge is 0.348 e. The molecule has 5 atom stereocenters. The predicted octanol–water partition coefficient (Wildman–Crippen LogP) is 1.65. The molecule has 3 heterocycles. The van der Waals surface area contributed by atoms with Crippen molar-refractivity contribution in [1.29, 1.82) is 0 Å². The van der Waals surface area contributed by atoms with Crippen LogP contribution in [0, 0.1) is 5.92 Å². The predicted molar refractivity (Wildman–Crippen MR) is 62.8 cm³/mol. The van der Waals surface area contributed by atoms with E-state index in [1.54, 1.807) is 0 Å². The number of rotatable bonds is 1. The first-order chi connectivity index (χ1) is 8.27. The lowest BCUT2D eigenvalue weighted by molar-refractivity contribution is -0.226. The summed E-state index contributed by atoms with van der Waals surface area (Å²) >= 11 is 0. The van der Waals surface area contributed by atoms with E-state index in [2.05, 4.69) is 6.92 Å². The van der Waals surface area contributed by atoms with E-state index in [0.29, 0.717) is 6.61 Å². The second kappa shape index (κ2) is 3.90. The van der Waals surface area contributed by atoms with Crippen molar-refractivity contribution >= 4 is 0 Å². The van der Waals surface area contributed by atoms with Gasteiger partial charge in [-0.05, 0) is 27.7 Å². The van der Waals surface area contributed by atoms with E-state index in [4.69, 9.17) is 23.7 Å². The third-order valence-corrected chi connectivity index (χ3v) is 3.81. The average Bonchev–Trinajstić information content (AvgIpc) is 2.81. The van der Waals surface area contributed by atoms with Crippen molar-refractivity contribution in [3.8, 4) is 0 Å². The fraction of sp³-hybridized carbons (Fsp3) is 1.00. The molecule has 3 aliphatic heterocycles. The van der Waals surface area contributed by atoms with Gasteiger partial charge in [0.15, 0.2) is 17.9 Å². The van der Waals surface area contributed by atoms with Gasteiger partial charge >= 0.3 is 0 Å². The molecule has 0 aromatic heterocycles. The van der Waals surface area contributed by atoms with Crippen molar-refractivity contribution in [2.24, 2.45) is 5.92 Å². The Morgan fingerprint density at radius 1 is 0.889 bits per heavy atom. The van der Waals surface area contributed by atoms with E-state index in [1.165, 1.54) is 0 Å². The summed E-state index contributed by atoms with van der Waals surface area (Å²) in [5, 5.41) is 0. The van der Waals surface area contributed by atoms with E-state index >= 15 is 0 Å². The first-order valence-electron chi connectivity index (χ1n) is 6.60. The van der Waals surface area contributed by atoms with Crippen LogP contribution >= 0.6 is 0 Å². The van der Waals surface area contributed by atoms with E-state index in [1.807, 2.05) is 27.7 Å². The lowest BCUT2D eigenvalue weighted by atomic mass is 9.97. The summed E-state index contributed by atoms with van der Waals surface area (Å²) in [5.41, 5.74) is 0. The SMILES string of the molecule is C[C@H]1C(C2COC(C)(C)O2)O[C@@H]2OC(C)(C)O[C@@H]21. The van der Waals surface area contributed by atoms with Gasteiger partial charge in [0.25, 0.3) is 0 Å². The quantitative estimate of drug-likeness (QED) is 0.715. The van der Waals surface area contributed by atoms with Gasteiger partial charge in [-0.3, -0.25) is 0 Å². The highest BCUT2D eigenvalue weighted by atomic mass is 16.8. The van der Waals surface area contributed by atoms with Crippen molar-refractivity contribution in [2.45, 2.75) is 70.8 Å². The zero-order valence-corrected chi connectivity index (χ0v) is 11.6. The minimum absolute atomic E-state index is 0.0164. The molecule has 0 N–H and O–H groups in total. The highest BCUT2D eigenvalue weighted by Gasteiger charge is 2.56. The Kier molecular flexibility index (Phi) is 2.78.